The average molecular weight is 316 g/mol. The van der Waals surface area contributed by atoms with Crippen molar-refractivity contribution in [2.24, 2.45) is 5.41 Å². The van der Waals surface area contributed by atoms with Gasteiger partial charge in [0.15, 0.2) is 0 Å². The van der Waals surface area contributed by atoms with E-state index >= 15 is 0 Å². The van der Waals surface area contributed by atoms with Crippen molar-refractivity contribution in [3.05, 3.63) is 35.4 Å². The van der Waals surface area contributed by atoms with E-state index in [2.05, 4.69) is 24.4 Å². The highest BCUT2D eigenvalue weighted by atomic mass is 16.4. The largest absolute Gasteiger partial charge is 0.481 e. The highest BCUT2D eigenvalue weighted by molar-refractivity contribution is 5.79. The van der Waals surface area contributed by atoms with Gasteiger partial charge >= 0.3 is 12.0 Å². The van der Waals surface area contributed by atoms with Crippen LogP contribution >= 0.6 is 0 Å². The van der Waals surface area contributed by atoms with E-state index in [-0.39, 0.29) is 18.0 Å². The smallest absolute Gasteiger partial charge is 0.317 e. The molecule has 0 radical (unpaired) electrons. The maximum atomic E-state index is 12.4. The van der Waals surface area contributed by atoms with Gasteiger partial charge < -0.3 is 15.3 Å². The number of amides is 2. The monoisotopic (exact) mass is 316 g/mol. The minimum absolute atomic E-state index is 0.0663. The predicted molar refractivity (Wildman–Crippen MR) is 87.4 cm³/mol. The lowest BCUT2D eigenvalue weighted by atomic mass is 9.90. The Bertz CT molecular complexity index is 639. The summed E-state index contributed by atoms with van der Waals surface area (Å²) < 4.78 is 0. The number of aryl methyl sites for hydroxylation is 1. The van der Waals surface area contributed by atoms with Crippen molar-refractivity contribution in [3.63, 3.8) is 0 Å². The van der Waals surface area contributed by atoms with Crippen LogP contribution in [0, 0.1) is 12.3 Å². The molecular formula is C18H24N2O3. The van der Waals surface area contributed by atoms with Gasteiger partial charge in [-0.05, 0) is 44.2 Å². The van der Waals surface area contributed by atoms with Crippen molar-refractivity contribution in [1.82, 2.24) is 10.2 Å². The zero-order valence-corrected chi connectivity index (χ0v) is 13.8. The molecule has 1 saturated heterocycles. The van der Waals surface area contributed by atoms with Gasteiger partial charge in [-0.3, -0.25) is 4.79 Å². The van der Waals surface area contributed by atoms with Crippen LogP contribution in [0.15, 0.2) is 24.3 Å². The summed E-state index contributed by atoms with van der Waals surface area (Å²) >= 11 is 0. The minimum atomic E-state index is -0.827. The van der Waals surface area contributed by atoms with Gasteiger partial charge in [0.2, 0.25) is 0 Å². The fraction of sp³-hybridized carbons (Fsp3) is 0.556. The zero-order chi connectivity index (χ0) is 16.7. The van der Waals surface area contributed by atoms with Crippen LogP contribution in [0.25, 0.3) is 0 Å². The molecule has 3 rings (SSSR count). The topological polar surface area (TPSA) is 69.6 Å². The van der Waals surface area contributed by atoms with Crippen LogP contribution in [0.2, 0.25) is 0 Å². The summed E-state index contributed by atoms with van der Waals surface area (Å²) in [6, 6.07) is 8.18. The third kappa shape index (κ3) is 2.92. The Hall–Kier alpha value is -2.04. The number of nitrogens with zero attached hydrogens (tertiary/aromatic N) is 1. The Morgan fingerprint density at radius 3 is 2.52 bits per heavy atom. The van der Waals surface area contributed by atoms with Crippen molar-refractivity contribution in [2.45, 2.75) is 38.5 Å². The van der Waals surface area contributed by atoms with E-state index in [1.54, 1.807) is 11.8 Å². The second-order valence-electron chi connectivity index (χ2n) is 7.29. The third-order valence-electron chi connectivity index (χ3n) is 5.42. The summed E-state index contributed by atoms with van der Waals surface area (Å²) in [7, 11) is 0. The fourth-order valence-electron chi connectivity index (χ4n) is 3.53. The van der Waals surface area contributed by atoms with Crippen molar-refractivity contribution in [1.29, 1.82) is 0 Å². The Balaban J connectivity index is 1.60. The lowest BCUT2D eigenvalue weighted by Crippen LogP contribution is -2.43. The molecule has 2 fully saturated rings. The number of carbonyl (C=O) groups excluding carboxylic acids is 1. The molecule has 1 saturated carbocycles. The van der Waals surface area contributed by atoms with Gasteiger partial charge in [-0.2, -0.15) is 0 Å². The molecule has 5 nitrogen and oxygen atoms in total. The lowest BCUT2D eigenvalue weighted by Gasteiger charge is -2.23. The third-order valence-corrected chi connectivity index (χ3v) is 5.42. The SMILES string of the molecule is Cc1ccccc1C1(CNC(=O)N2CCC(C)(C(=O)O)C2)CC1. The Morgan fingerprint density at radius 1 is 1.26 bits per heavy atom. The summed E-state index contributed by atoms with van der Waals surface area (Å²) in [6.45, 7) is 5.23. The van der Waals surface area contributed by atoms with E-state index < -0.39 is 11.4 Å². The van der Waals surface area contributed by atoms with Crippen LogP contribution < -0.4 is 5.32 Å². The summed E-state index contributed by atoms with van der Waals surface area (Å²) in [5.74, 6) is -0.827. The number of nitrogens with one attached hydrogen (secondary N) is 1. The number of hydrogen-bond donors (Lipinski definition) is 2. The van der Waals surface area contributed by atoms with Crippen molar-refractivity contribution in [2.75, 3.05) is 19.6 Å². The molecule has 2 amide bonds. The normalized spacial score (nSPS) is 25.2. The minimum Gasteiger partial charge on any atom is -0.481 e. The van der Waals surface area contributed by atoms with Gasteiger partial charge in [0.05, 0.1) is 5.41 Å². The van der Waals surface area contributed by atoms with Gasteiger partial charge in [-0.1, -0.05) is 24.3 Å². The summed E-state index contributed by atoms with van der Waals surface area (Å²) in [5.41, 5.74) is 1.83. The average Bonchev–Trinajstić information content (AvgIpc) is 3.20. The number of benzene rings is 1. The van der Waals surface area contributed by atoms with E-state index in [9.17, 15) is 14.7 Å². The molecule has 0 bridgehead atoms. The number of hydrogen-bond acceptors (Lipinski definition) is 2. The van der Waals surface area contributed by atoms with Crippen molar-refractivity contribution >= 4 is 12.0 Å². The lowest BCUT2D eigenvalue weighted by molar-refractivity contribution is -0.147. The Kier molecular flexibility index (Phi) is 3.82. The number of carboxylic acid groups (broad SMARTS) is 1. The van der Waals surface area contributed by atoms with Gasteiger partial charge in [0.25, 0.3) is 0 Å². The number of urea groups is 1. The first kappa shape index (κ1) is 15.8. The number of rotatable bonds is 4. The molecule has 1 aliphatic carbocycles. The number of carbonyl (C=O) groups is 2. The first-order valence-electron chi connectivity index (χ1n) is 8.19. The predicted octanol–water partition coefficient (Wildman–Crippen LogP) is 2.53. The zero-order valence-electron chi connectivity index (χ0n) is 13.8. The van der Waals surface area contributed by atoms with Crippen LogP contribution in [0.1, 0.15) is 37.3 Å². The molecule has 1 aromatic rings. The molecule has 124 valence electrons. The van der Waals surface area contributed by atoms with Crippen LogP contribution in [0.4, 0.5) is 4.79 Å². The first-order valence-corrected chi connectivity index (χ1v) is 8.19. The van der Waals surface area contributed by atoms with Crippen molar-refractivity contribution in [3.8, 4) is 0 Å². The number of likely N-dealkylation sites (tertiary alicyclic amines) is 1. The Morgan fingerprint density at radius 2 is 1.96 bits per heavy atom. The molecule has 1 unspecified atom stereocenters. The first-order chi connectivity index (χ1) is 10.9. The fourth-order valence-corrected chi connectivity index (χ4v) is 3.53. The van der Waals surface area contributed by atoms with Gasteiger partial charge in [0, 0.05) is 25.0 Å². The summed E-state index contributed by atoms with van der Waals surface area (Å²) in [4.78, 5) is 25.3. The van der Waals surface area contributed by atoms with E-state index in [4.69, 9.17) is 0 Å². The number of carboxylic acids is 1. The molecule has 1 aromatic carbocycles. The second-order valence-corrected chi connectivity index (χ2v) is 7.29. The molecule has 1 atom stereocenters. The molecule has 1 aliphatic heterocycles. The maximum Gasteiger partial charge on any atom is 0.317 e. The highest BCUT2D eigenvalue weighted by Crippen LogP contribution is 2.48. The number of aliphatic carboxylic acids is 1. The van der Waals surface area contributed by atoms with E-state index in [0.29, 0.717) is 19.5 Å². The van der Waals surface area contributed by atoms with E-state index in [1.165, 1.54) is 11.1 Å². The second kappa shape index (κ2) is 5.55. The highest BCUT2D eigenvalue weighted by Gasteiger charge is 2.46. The van der Waals surface area contributed by atoms with E-state index in [0.717, 1.165) is 12.8 Å². The van der Waals surface area contributed by atoms with Crippen LogP contribution in [-0.4, -0.2) is 41.6 Å². The molecule has 23 heavy (non-hydrogen) atoms. The summed E-state index contributed by atoms with van der Waals surface area (Å²) in [6.07, 6.45) is 2.69. The standard InChI is InChI=1S/C18H24N2O3/c1-13-5-3-4-6-14(13)18(7-8-18)11-19-16(23)20-10-9-17(2,12-20)15(21)22/h3-6H,7-12H2,1-2H3,(H,19,23)(H,21,22). The quantitative estimate of drug-likeness (QED) is 0.897. The van der Waals surface area contributed by atoms with Gasteiger partial charge in [-0.15, -0.1) is 0 Å². The molecule has 5 heteroatoms. The van der Waals surface area contributed by atoms with Gasteiger partial charge in [0.1, 0.15) is 0 Å². The molecule has 1 heterocycles. The molecule has 2 aliphatic rings. The molecular weight excluding hydrogens is 292 g/mol. The van der Waals surface area contributed by atoms with Crippen molar-refractivity contribution < 1.29 is 14.7 Å². The molecule has 2 N–H and O–H groups in total. The van der Waals surface area contributed by atoms with Crippen LogP contribution in [-0.2, 0) is 10.2 Å². The van der Waals surface area contributed by atoms with Crippen LogP contribution in [0.3, 0.4) is 0 Å². The van der Waals surface area contributed by atoms with Gasteiger partial charge in [-0.25, -0.2) is 4.79 Å². The van der Waals surface area contributed by atoms with E-state index in [1.807, 2.05) is 12.1 Å². The summed E-state index contributed by atoms with van der Waals surface area (Å²) in [5, 5.41) is 12.3. The maximum absolute atomic E-state index is 12.4. The molecule has 0 spiro atoms. The molecule has 0 aromatic heterocycles. The van der Waals surface area contributed by atoms with Crippen LogP contribution in [0.5, 0.6) is 0 Å². The Labute approximate surface area is 136 Å².